The number of thioether (sulfide) groups is 1. The van der Waals surface area contributed by atoms with Gasteiger partial charge in [0.25, 0.3) is 5.91 Å². The van der Waals surface area contributed by atoms with Gasteiger partial charge in [-0.05, 0) is 43.9 Å². The zero-order valence-electron chi connectivity index (χ0n) is 19.7. The maximum absolute atomic E-state index is 13.5. The Balaban J connectivity index is 1.49. The van der Waals surface area contributed by atoms with Gasteiger partial charge in [0.15, 0.2) is 0 Å². The van der Waals surface area contributed by atoms with Gasteiger partial charge in [-0.2, -0.15) is 0 Å². The second kappa shape index (κ2) is 8.86. The topological polar surface area (TPSA) is 78.5 Å². The van der Waals surface area contributed by atoms with Gasteiger partial charge in [0.1, 0.15) is 17.5 Å². The molecule has 0 unspecified atom stereocenters. The van der Waals surface area contributed by atoms with Crippen molar-refractivity contribution >= 4 is 29.5 Å². The van der Waals surface area contributed by atoms with E-state index in [4.69, 9.17) is 0 Å². The Bertz CT molecular complexity index is 1080. The Morgan fingerprint density at radius 3 is 2.42 bits per heavy atom. The first kappa shape index (κ1) is 23.4. The molecular weight excluding hydrogens is 434 g/mol. The zero-order valence-corrected chi connectivity index (χ0v) is 20.5. The van der Waals surface area contributed by atoms with E-state index in [1.165, 1.54) is 0 Å². The molecule has 174 valence electrons. The van der Waals surface area contributed by atoms with E-state index >= 15 is 0 Å². The molecule has 2 aliphatic rings. The third kappa shape index (κ3) is 4.38. The molecular formula is C26H31N3O3S. The van der Waals surface area contributed by atoms with Crippen LogP contribution in [0.15, 0.2) is 48.5 Å². The molecule has 2 aromatic rings. The number of carbonyl (C=O) groups excluding carboxylic acids is 3. The van der Waals surface area contributed by atoms with Crippen LogP contribution in [0.1, 0.15) is 60.1 Å². The molecule has 0 aliphatic carbocycles. The summed E-state index contributed by atoms with van der Waals surface area (Å²) < 4.78 is -0.488. The third-order valence-electron chi connectivity index (χ3n) is 6.38. The van der Waals surface area contributed by atoms with Gasteiger partial charge >= 0.3 is 0 Å². The fourth-order valence-electron chi connectivity index (χ4n) is 4.58. The smallest absolute Gasteiger partial charge is 0.256 e. The summed E-state index contributed by atoms with van der Waals surface area (Å²) in [6.45, 7) is 10.2. The second-order valence-corrected chi connectivity index (χ2v) is 11.4. The van der Waals surface area contributed by atoms with Gasteiger partial charge in [-0.1, -0.05) is 61.9 Å². The number of hydrogen-bond acceptors (Lipinski definition) is 4. The van der Waals surface area contributed by atoms with Crippen LogP contribution in [0.25, 0.3) is 0 Å². The summed E-state index contributed by atoms with van der Waals surface area (Å²) in [6, 6.07) is 14.1. The number of nitrogens with zero attached hydrogens (tertiary/aromatic N) is 1. The number of amides is 3. The van der Waals surface area contributed by atoms with Crippen LogP contribution in [0.5, 0.6) is 0 Å². The number of fused-ring (bicyclic) bond motifs is 3. The normalized spacial score (nSPS) is 21.5. The van der Waals surface area contributed by atoms with E-state index in [0.717, 1.165) is 16.7 Å². The molecule has 3 atom stereocenters. The van der Waals surface area contributed by atoms with Gasteiger partial charge in [-0.3, -0.25) is 14.4 Å². The Labute approximate surface area is 199 Å². The van der Waals surface area contributed by atoms with Crippen LogP contribution in [-0.2, 0) is 16.1 Å². The maximum atomic E-state index is 13.5. The van der Waals surface area contributed by atoms with E-state index in [2.05, 4.69) is 10.6 Å². The molecule has 1 saturated heterocycles. The maximum Gasteiger partial charge on any atom is 0.256 e. The van der Waals surface area contributed by atoms with Crippen LogP contribution < -0.4 is 10.6 Å². The first-order chi connectivity index (χ1) is 15.6. The van der Waals surface area contributed by atoms with Crippen molar-refractivity contribution in [2.24, 2.45) is 5.92 Å². The van der Waals surface area contributed by atoms with Gasteiger partial charge in [0.2, 0.25) is 11.8 Å². The van der Waals surface area contributed by atoms with E-state index in [9.17, 15) is 14.4 Å². The molecule has 0 aromatic heterocycles. The van der Waals surface area contributed by atoms with Gasteiger partial charge in [0.05, 0.1) is 0 Å². The van der Waals surface area contributed by atoms with Gasteiger partial charge in [-0.25, -0.2) is 0 Å². The Kier molecular flexibility index (Phi) is 6.27. The Morgan fingerprint density at radius 1 is 1.09 bits per heavy atom. The molecule has 3 amide bonds. The van der Waals surface area contributed by atoms with Crippen molar-refractivity contribution in [3.05, 3.63) is 70.8 Å². The minimum Gasteiger partial charge on any atom is -0.350 e. The molecule has 1 fully saturated rings. The number of hydrogen-bond donors (Lipinski definition) is 2. The highest BCUT2D eigenvalue weighted by Gasteiger charge is 2.57. The number of nitrogens with one attached hydrogen (secondary N) is 2. The predicted octanol–water partition coefficient (Wildman–Crippen LogP) is 3.80. The average molecular weight is 466 g/mol. The van der Waals surface area contributed by atoms with Crippen LogP contribution in [0.4, 0.5) is 0 Å². The predicted molar refractivity (Wildman–Crippen MR) is 131 cm³/mol. The molecule has 2 aromatic carbocycles. The van der Waals surface area contributed by atoms with Crippen molar-refractivity contribution < 1.29 is 14.4 Å². The van der Waals surface area contributed by atoms with Crippen LogP contribution in [-0.4, -0.2) is 39.5 Å². The van der Waals surface area contributed by atoms with E-state index < -0.39 is 16.8 Å². The van der Waals surface area contributed by atoms with E-state index in [1.54, 1.807) is 16.7 Å². The Morgan fingerprint density at radius 2 is 1.76 bits per heavy atom. The SMILES string of the molecule is Cc1ccc(CNC(=O)[C@@H](NC(=O)[C@H]2N3C(=O)c4ccccc4[C@H]3SC2(C)C)C(C)C)cc1. The molecule has 0 saturated carbocycles. The third-order valence-corrected chi connectivity index (χ3v) is 7.91. The Hall–Kier alpha value is -2.80. The lowest BCUT2D eigenvalue weighted by molar-refractivity contribution is -0.132. The number of aryl methyl sites for hydroxylation is 1. The average Bonchev–Trinajstić information content (AvgIpc) is 3.20. The summed E-state index contributed by atoms with van der Waals surface area (Å²) in [4.78, 5) is 41.4. The molecule has 2 N–H and O–H groups in total. The van der Waals surface area contributed by atoms with Gasteiger partial charge in [-0.15, -0.1) is 11.8 Å². The van der Waals surface area contributed by atoms with Gasteiger partial charge in [0, 0.05) is 16.9 Å². The van der Waals surface area contributed by atoms with E-state index in [0.29, 0.717) is 12.1 Å². The minimum atomic E-state index is -0.692. The minimum absolute atomic E-state index is 0.105. The summed E-state index contributed by atoms with van der Waals surface area (Å²) in [7, 11) is 0. The molecule has 7 heteroatoms. The van der Waals surface area contributed by atoms with Crippen LogP contribution in [0.3, 0.4) is 0 Å². The molecule has 0 bridgehead atoms. The summed E-state index contributed by atoms with van der Waals surface area (Å²) in [6.07, 6.45) is 0. The fraction of sp³-hybridized carbons (Fsp3) is 0.423. The van der Waals surface area contributed by atoms with Crippen molar-refractivity contribution in [3.63, 3.8) is 0 Å². The molecule has 2 heterocycles. The first-order valence-electron chi connectivity index (χ1n) is 11.3. The lowest BCUT2D eigenvalue weighted by Gasteiger charge is -2.32. The number of carbonyl (C=O) groups is 3. The summed E-state index contributed by atoms with van der Waals surface area (Å²) in [5, 5.41) is 5.72. The van der Waals surface area contributed by atoms with Crippen molar-refractivity contribution in [2.45, 2.75) is 63.4 Å². The molecule has 6 nitrogen and oxygen atoms in total. The van der Waals surface area contributed by atoms with Crippen LogP contribution in [0, 0.1) is 12.8 Å². The molecule has 2 aliphatic heterocycles. The molecule has 0 radical (unpaired) electrons. The lowest BCUT2D eigenvalue weighted by Crippen LogP contribution is -2.58. The largest absolute Gasteiger partial charge is 0.350 e. The highest BCUT2D eigenvalue weighted by molar-refractivity contribution is 8.01. The number of benzene rings is 2. The first-order valence-corrected chi connectivity index (χ1v) is 12.2. The fourth-order valence-corrected chi connectivity index (χ4v) is 6.17. The van der Waals surface area contributed by atoms with Crippen molar-refractivity contribution in [1.29, 1.82) is 0 Å². The van der Waals surface area contributed by atoms with Crippen LogP contribution in [0.2, 0.25) is 0 Å². The summed E-state index contributed by atoms with van der Waals surface area (Å²) in [5.41, 5.74) is 3.76. The zero-order chi connectivity index (χ0) is 23.9. The van der Waals surface area contributed by atoms with Gasteiger partial charge < -0.3 is 15.5 Å². The van der Waals surface area contributed by atoms with Crippen LogP contribution >= 0.6 is 11.8 Å². The van der Waals surface area contributed by atoms with Crippen molar-refractivity contribution in [2.75, 3.05) is 0 Å². The monoisotopic (exact) mass is 465 g/mol. The molecule has 4 rings (SSSR count). The van der Waals surface area contributed by atoms with E-state index in [1.807, 2.05) is 83.1 Å². The van der Waals surface area contributed by atoms with E-state index in [-0.39, 0.29) is 29.0 Å². The number of rotatable bonds is 6. The highest BCUT2D eigenvalue weighted by Crippen LogP contribution is 2.56. The summed E-state index contributed by atoms with van der Waals surface area (Å²) >= 11 is 1.62. The molecule has 33 heavy (non-hydrogen) atoms. The second-order valence-electron chi connectivity index (χ2n) is 9.71. The highest BCUT2D eigenvalue weighted by atomic mass is 32.2. The van der Waals surface area contributed by atoms with Crippen molar-refractivity contribution in [1.82, 2.24) is 15.5 Å². The lowest BCUT2D eigenvalue weighted by atomic mass is 9.98. The summed E-state index contributed by atoms with van der Waals surface area (Å²) in [5.74, 6) is -0.750. The standard InChI is InChI=1S/C26H31N3O3S/c1-15(2)20(22(30)27-14-17-12-10-16(3)11-13-17)28-23(31)21-26(4,5)33-25-19-9-7-6-8-18(19)24(32)29(21)25/h6-13,15,20-21,25H,14H2,1-5H3,(H,27,30)(H,28,31)/t20-,21+,25+/m0/s1. The van der Waals surface area contributed by atoms with Crippen molar-refractivity contribution in [3.8, 4) is 0 Å². The molecule has 0 spiro atoms. The quantitative estimate of drug-likeness (QED) is 0.680.